The Bertz CT molecular complexity index is 712. The first-order chi connectivity index (χ1) is 10.00. The minimum absolute atomic E-state index is 0.0141. The summed E-state index contributed by atoms with van der Waals surface area (Å²) in [5.41, 5.74) is 2.50. The molecule has 2 rings (SSSR count). The maximum atomic E-state index is 12.3. The first kappa shape index (κ1) is 15.9. The van der Waals surface area contributed by atoms with Gasteiger partial charge in [-0.25, -0.2) is 8.42 Å². The van der Waals surface area contributed by atoms with Crippen LogP contribution in [-0.2, 0) is 15.8 Å². The van der Waals surface area contributed by atoms with Crippen LogP contribution in [0.1, 0.15) is 18.1 Å². The van der Waals surface area contributed by atoms with Crippen LogP contribution in [-0.4, -0.2) is 14.2 Å². The van der Waals surface area contributed by atoms with Crippen LogP contribution in [0.25, 0.3) is 0 Å². The van der Waals surface area contributed by atoms with Gasteiger partial charge in [0, 0.05) is 4.90 Å². The van der Waals surface area contributed by atoms with E-state index in [-0.39, 0.29) is 5.75 Å². The molecular weight excluding hydrogens is 302 g/mol. The normalized spacial score (nSPS) is 11.3. The Kier molecular flexibility index (Phi) is 5.31. The number of thioether (sulfide) groups is 1. The molecule has 0 amide bonds. The average molecular weight is 321 g/mol. The molecule has 0 aliphatic carbocycles. The van der Waals surface area contributed by atoms with Crippen LogP contribution in [0.4, 0.5) is 5.69 Å². The van der Waals surface area contributed by atoms with Gasteiger partial charge in [-0.15, -0.1) is 11.8 Å². The minimum Gasteiger partial charge on any atom is -0.282 e. The van der Waals surface area contributed by atoms with Gasteiger partial charge in [0.05, 0.1) is 11.4 Å². The lowest BCUT2D eigenvalue weighted by molar-refractivity contribution is 0.600. The number of sulfonamides is 1. The highest BCUT2D eigenvalue weighted by Gasteiger charge is 2.14. The quantitative estimate of drug-likeness (QED) is 0.817. The van der Waals surface area contributed by atoms with E-state index < -0.39 is 10.0 Å². The average Bonchev–Trinajstić information content (AvgIpc) is 2.40. The van der Waals surface area contributed by atoms with Crippen molar-refractivity contribution in [3.8, 4) is 0 Å². The van der Waals surface area contributed by atoms with Crippen molar-refractivity contribution in [1.29, 1.82) is 0 Å². The summed E-state index contributed by atoms with van der Waals surface area (Å²) in [4.78, 5) is 0.952. The van der Waals surface area contributed by atoms with E-state index in [4.69, 9.17) is 0 Å². The Labute approximate surface area is 130 Å². The fourth-order valence-corrected chi connectivity index (χ4v) is 4.09. The van der Waals surface area contributed by atoms with Gasteiger partial charge in [0.2, 0.25) is 10.0 Å². The first-order valence-corrected chi connectivity index (χ1v) is 9.42. The second-order valence-corrected chi connectivity index (χ2v) is 7.81. The van der Waals surface area contributed by atoms with Crippen molar-refractivity contribution in [1.82, 2.24) is 0 Å². The van der Waals surface area contributed by atoms with Gasteiger partial charge >= 0.3 is 0 Å². The molecule has 0 heterocycles. The van der Waals surface area contributed by atoms with E-state index in [0.717, 1.165) is 21.8 Å². The third-order valence-corrected chi connectivity index (χ3v) is 5.09. The Morgan fingerprint density at radius 1 is 1.10 bits per heavy atom. The highest BCUT2D eigenvalue weighted by molar-refractivity contribution is 7.99. The highest BCUT2D eigenvalue weighted by Crippen LogP contribution is 2.27. The van der Waals surface area contributed by atoms with E-state index in [1.54, 1.807) is 17.8 Å². The SMILES string of the molecule is CCSc1ccccc1NS(=O)(=O)Cc1cccc(C)c1. The molecule has 0 atom stereocenters. The first-order valence-electron chi connectivity index (χ1n) is 6.78. The largest absolute Gasteiger partial charge is 0.282 e. The highest BCUT2D eigenvalue weighted by atomic mass is 32.2. The summed E-state index contributed by atoms with van der Waals surface area (Å²) in [6.45, 7) is 4.00. The third-order valence-electron chi connectivity index (χ3n) is 2.89. The van der Waals surface area contributed by atoms with Gasteiger partial charge in [-0.1, -0.05) is 48.9 Å². The molecule has 0 aliphatic rings. The van der Waals surface area contributed by atoms with E-state index in [2.05, 4.69) is 4.72 Å². The summed E-state index contributed by atoms with van der Waals surface area (Å²) in [5.74, 6) is 0.885. The zero-order chi connectivity index (χ0) is 15.3. The van der Waals surface area contributed by atoms with Gasteiger partial charge in [-0.2, -0.15) is 0 Å². The van der Waals surface area contributed by atoms with Crippen LogP contribution in [0.2, 0.25) is 0 Å². The predicted octanol–water partition coefficient (Wildman–Crippen LogP) is 4.05. The Hall–Kier alpha value is -1.46. The smallest absolute Gasteiger partial charge is 0.236 e. The third kappa shape index (κ3) is 4.79. The number of hydrogen-bond acceptors (Lipinski definition) is 3. The van der Waals surface area contributed by atoms with Crippen LogP contribution >= 0.6 is 11.8 Å². The van der Waals surface area contributed by atoms with Gasteiger partial charge < -0.3 is 0 Å². The van der Waals surface area contributed by atoms with Crippen LogP contribution in [0.3, 0.4) is 0 Å². The van der Waals surface area contributed by atoms with Crippen molar-refractivity contribution in [2.45, 2.75) is 24.5 Å². The fourth-order valence-electron chi connectivity index (χ4n) is 2.06. The standard InChI is InChI=1S/C16H19NO2S2/c1-3-20-16-10-5-4-9-15(16)17-21(18,19)12-14-8-6-7-13(2)11-14/h4-11,17H,3,12H2,1-2H3. The summed E-state index contributed by atoms with van der Waals surface area (Å²) in [6.07, 6.45) is 0. The molecule has 0 unspecified atom stereocenters. The van der Waals surface area contributed by atoms with Crippen LogP contribution < -0.4 is 4.72 Å². The lowest BCUT2D eigenvalue weighted by Gasteiger charge is -2.12. The van der Waals surface area contributed by atoms with Gasteiger partial charge in [0.25, 0.3) is 0 Å². The summed E-state index contributed by atoms with van der Waals surface area (Å²) >= 11 is 1.62. The molecule has 2 aromatic carbocycles. The maximum Gasteiger partial charge on any atom is 0.236 e. The van der Waals surface area contributed by atoms with E-state index in [9.17, 15) is 8.42 Å². The molecule has 0 fully saturated rings. The van der Waals surface area contributed by atoms with E-state index in [0.29, 0.717) is 5.69 Å². The van der Waals surface area contributed by atoms with E-state index in [1.807, 2.05) is 56.3 Å². The predicted molar refractivity (Wildman–Crippen MR) is 90.3 cm³/mol. The number of benzene rings is 2. The lowest BCUT2D eigenvalue weighted by atomic mass is 10.2. The van der Waals surface area contributed by atoms with Crippen LogP contribution in [0.5, 0.6) is 0 Å². The lowest BCUT2D eigenvalue weighted by Crippen LogP contribution is -2.15. The Morgan fingerprint density at radius 2 is 1.86 bits per heavy atom. The summed E-state index contributed by atoms with van der Waals surface area (Å²) < 4.78 is 27.3. The molecule has 112 valence electrons. The number of para-hydroxylation sites is 1. The molecule has 5 heteroatoms. The summed E-state index contributed by atoms with van der Waals surface area (Å²) in [6, 6.07) is 15.0. The molecule has 0 radical (unpaired) electrons. The molecule has 1 N–H and O–H groups in total. The van der Waals surface area contributed by atoms with Gasteiger partial charge in [0.1, 0.15) is 0 Å². The second-order valence-electron chi connectivity index (χ2n) is 4.78. The summed E-state index contributed by atoms with van der Waals surface area (Å²) in [7, 11) is -3.41. The number of rotatable bonds is 6. The number of aryl methyl sites for hydroxylation is 1. The number of hydrogen-bond donors (Lipinski definition) is 1. The minimum atomic E-state index is -3.41. The van der Waals surface area contributed by atoms with Crippen molar-refractivity contribution in [3.05, 3.63) is 59.7 Å². The van der Waals surface area contributed by atoms with Gasteiger partial charge in [-0.05, 0) is 30.4 Å². The van der Waals surface area contributed by atoms with E-state index in [1.165, 1.54) is 0 Å². The molecule has 0 aromatic heterocycles. The molecule has 0 aliphatic heterocycles. The molecule has 0 saturated carbocycles. The molecule has 21 heavy (non-hydrogen) atoms. The fraction of sp³-hybridized carbons (Fsp3) is 0.250. The van der Waals surface area contributed by atoms with Crippen LogP contribution in [0, 0.1) is 6.92 Å². The van der Waals surface area contributed by atoms with Gasteiger partial charge in [0.15, 0.2) is 0 Å². The van der Waals surface area contributed by atoms with Crippen molar-refractivity contribution in [2.75, 3.05) is 10.5 Å². The number of anilines is 1. The van der Waals surface area contributed by atoms with Crippen molar-refractivity contribution in [3.63, 3.8) is 0 Å². The number of nitrogens with one attached hydrogen (secondary N) is 1. The Morgan fingerprint density at radius 3 is 2.57 bits per heavy atom. The molecule has 0 saturated heterocycles. The molecule has 0 spiro atoms. The molecule has 0 bridgehead atoms. The second kappa shape index (κ2) is 7.00. The summed E-state index contributed by atoms with van der Waals surface area (Å²) in [5, 5.41) is 0. The topological polar surface area (TPSA) is 46.2 Å². The Balaban J connectivity index is 2.18. The molecular formula is C16H19NO2S2. The monoisotopic (exact) mass is 321 g/mol. The zero-order valence-corrected chi connectivity index (χ0v) is 13.8. The zero-order valence-electron chi connectivity index (χ0n) is 12.2. The van der Waals surface area contributed by atoms with Crippen molar-refractivity contribution >= 4 is 27.5 Å². The van der Waals surface area contributed by atoms with E-state index >= 15 is 0 Å². The van der Waals surface area contributed by atoms with Gasteiger partial charge in [-0.3, -0.25) is 4.72 Å². The maximum absolute atomic E-state index is 12.3. The molecule has 3 nitrogen and oxygen atoms in total. The van der Waals surface area contributed by atoms with Crippen molar-refractivity contribution < 1.29 is 8.42 Å². The van der Waals surface area contributed by atoms with Crippen LogP contribution in [0.15, 0.2) is 53.4 Å². The van der Waals surface area contributed by atoms with Crippen molar-refractivity contribution in [2.24, 2.45) is 0 Å². The molecule has 2 aromatic rings.